The molecule has 0 aliphatic carbocycles. The van der Waals surface area contributed by atoms with Gasteiger partial charge in [-0.2, -0.15) is 9.78 Å². The number of hydrogen-bond acceptors (Lipinski definition) is 5. The first kappa shape index (κ1) is 20.8. The molecule has 1 heterocycles. The molecule has 0 aliphatic rings. The van der Waals surface area contributed by atoms with E-state index in [0.29, 0.717) is 38.0 Å². The monoisotopic (exact) mass is 555 g/mol. The Morgan fingerprint density at radius 2 is 2.14 bits per heavy atom. The van der Waals surface area contributed by atoms with E-state index in [0.717, 1.165) is 17.3 Å². The third-order valence-electron chi connectivity index (χ3n) is 4.22. The minimum absolute atomic E-state index is 0.0817. The number of unbranched alkanes of at least 4 members (excludes halogenated alkanes) is 1. The molecule has 0 amide bonds. The number of fused-ring (bicyclic) bond motifs is 1. The highest BCUT2D eigenvalue weighted by atomic mass is 127. The van der Waals surface area contributed by atoms with E-state index in [4.69, 9.17) is 4.74 Å². The Hall–Kier alpha value is -1.94. The topological polar surface area (TPSA) is 76.7 Å². The van der Waals surface area contributed by atoms with Crippen molar-refractivity contribution in [3.63, 3.8) is 0 Å². The fourth-order valence-electron chi connectivity index (χ4n) is 2.76. The fourth-order valence-corrected chi connectivity index (χ4v) is 3.75. The highest BCUT2D eigenvalue weighted by Crippen LogP contribution is 2.31. The standard InChI is InChI=1S/C20H19BrIN3O3/c1-3-4-5-18-24-16-7-6-13(21)10-14(16)20(27)25(18)23-11-12-8-15(22)19(26)17(9-12)28-2/h6-11,26H,3-5H2,1-2H3. The lowest BCUT2D eigenvalue weighted by atomic mass is 10.2. The maximum absolute atomic E-state index is 13.1. The van der Waals surface area contributed by atoms with Gasteiger partial charge in [-0.1, -0.05) is 29.3 Å². The molecule has 0 unspecified atom stereocenters. The lowest BCUT2D eigenvalue weighted by molar-refractivity contribution is 0.371. The zero-order valence-electron chi connectivity index (χ0n) is 15.4. The predicted molar refractivity (Wildman–Crippen MR) is 123 cm³/mol. The van der Waals surface area contributed by atoms with Crippen LogP contribution in [0.1, 0.15) is 31.2 Å². The number of ether oxygens (including phenoxy) is 1. The van der Waals surface area contributed by atoms with Crippen LogP contribution >= 0.6 is 38.5 Å². The van der Waals surface area contributed by atoms with E-state index in [1.54, 1.807) is 24.4 Å². The number of phenolic OH excluding ortho intramolecular Hbond substituents is 1. The summed E-state index contributed by atoms with van der Waals surface area (Å²) in [5.74, 6) is 1.06. The number of benzene rings is 2. The Kier molecular flexibility index (Phi) is 6.71. The van der Waals surface area contributed by atoms with Gasteiger partial charge in [0.05, 0.1) is 27.8 Å². The Bertz CT molecular complexity index is 1110. The summed E-state index contributed by atoms with van der Waals surface area (Å²) in [6, 6.07) is 8.90. The van der Waals surface area contributed by atoms with Crippen molar-refractivity contribution in [2.24, 2.45) is 5.10 Å². The average Bonchev–Trinajstić information content (AvgIpc) is 2.68. The van der Waals surface area contributed by atoms with Crippen molar-refractivity contribution in [3.8, 4) is 11.5 Å². The van der Waals surface area contributed by atoms with Gasteiger partial charge in [0, 0.05) is 10.9 Å². The van der Waals surface area contributed by atoms with Crippen LogP contribution in [0.25, 0.3) is 10.9 Å². The summed E-state index contributed by atoms with van der Waals surface area (Å²) in [6.45, 7) is 2.09. The van der Waals surface area contributed by atoms with Crippen molar-refractivity contribution < 1.29 is 9.84 Å². The maximum atomic E-state index is 13.1. The Labute approximate surface area is 184 Å². The molecule has 0 saturated carbocycles. The largest absolute Gasteiger partial charge is 0.504 e. The van der Waals surface area contributed by atoms with Crippen molar-refractivity contribution in [2.75, 3.05) is 7.11 Å². The minimum Gasteiger partial charge on any atom is -0.504 e. The molecule has 28 heavy (non-hydrogen) atoms. The summed E-state index contributed by atoms with van der Waals surface area (Å²) in [4.78, 5) is 17.7. The molecule has 0 bridgehead atoms. The van der Waals surface area contributed by atoms with Gasteiger partial charge >= 0.3 is 0 Å². The predicted octanol–water partition coefficient (Wildman–Crippen LogP) is 4.70. The molecule has 8 heteroatoms. The van der Waals surface area contributed by atoms with Crippen molar-refractivity contribution in [1.82, 2.24) is 9.66 Å². The highest BCUT2D eigenvalue weighted by molar-refractivity contribution is 14.1. The van der Waals surface area contributed by atoms with Crippen LogP contribution in [0.15, 0.2) is 44.7 Å². The number of hydrogen-bond donors (Lipinski definition) is 1. The van der Waals surface area contributed by atoms with E-state index >= 15 is 0 Å². The molecule has 146 valence electrons. The van der Waals surface area contributed by atoms with E-state index in [9.17, 15) is 9.90 Å². The van der Waals surface area contributed by atoms with Crippen LogP contribution in [0.5, 0.6) is 11.5 Å². The molecule has 6 nitrogen and oxygen atoms in total. The summed E-state index contributed by atoms with van der Waals surface area (Å²) in [5.41, 5.74) is 1.16. The van der Waals surface area contributed by atoms with Crippen LogP contribution < -0.4 is 10.3 Å². The third-order valence-corrected chi connectivity index (χ3v) is 5.54. The molecule has 0 spiro atoms. The zero-order valence-corrected chi connectivity index (χ0v) is 19.2. The van der Waals surface area contributed by atoms with Gasteiger partial charge in [-0.15, -0.1) is 0 Å². The van der Waals surface area contributed by atoms with Crippen molar-refractivity contribution in [2.45, 2.75) is 26.2 Å². The summed E-state index contributed by atoms with van der Waals surface area (Å²) >= 11 is 5.43. The fraction of sp³-hybridized carbons (Fsp3) is 0.250. The maximum Gasteiger partial charge on any atom is 0.282 e. The molecule has 0 fully saturated rings. The van der Waals surface area contributed by atoms with Gasteiger partial charge in [0.25, 0.3) is 5.56 Å². The van der Waals surface area contributed by atoms with Crippen molar-refractivity contribution >= 4 is 55.6 Å². The normalized spacial score (nSPS) is 11.4. The van der Waals surface area contributed by atoms with Gasteiger partial charge in [0.15, 0.2) is 11.5 Å². The summed E-state index contributed by atoms with van der Waals surface area (Å²) < 4.78 is 8.00. The SMILES string of the molecule is CCCCc1nc2ccc(Br)cc2c(=O)n1N=Cc1cc(I)c(O)c(OC)c1. The summed E-state index contributed by atoms with van der Waals surface area (Å²) in [7, 11) is 1.49. The number of halogens is 2. The summed E-state index contributed by atoms with van der Waals surface area (Å²) in [6.07, 6.45) is 4.14. The van der Waals surface area contributed by atoms with Crippen LogP contribution in [0.4, 0.5) is 0 Å². The van der Waals surface area contributed by atoms with Crippen LogP contribution in [-0.4, -0.2) is 28.1 Å². The first-order chi connectivity index (χ1) is 13.4. The quantitative estimate of drug-likeness (QED) is 0.353. The van der Waals surface area contributed by atoms with Gasteiger partial charge in [-0.05, 0) is 64.9 Å². The molecule has 0 radical (unpaired) electrons. The summed E-state index contributed by atoms with van der Waals surface area (Å²) in [5, 5.41) is 14.9. The number of aromatic hydroxyl groups is 1. The van der Waals surface area contributed by atoms with Crippen LogP contribution in [0.2, 0.25) is 0 Å². The van der Waals surface area contributed by atoms with E-state index in [1.165, 1.54) is 11.8 Å². The molecule has 1 N–H and O–H groups in total. The third kappa shape index (κ3) is 4.38. The van der Waals surface area contributed by atoms with E-state index in [1.807, 2.05) is 34.7 Å². The van der Waals surface area contributed by atoms with Crippen molar-refractivity contribution in [1.29, 1.82) is 0 Å². The molecule has 3 rings (SSSR count). The molecular weight excluding hydrogens is 537 g/mol. The zero-order chi connectivity index (χ0) is 20.3. The van der Waals surface area contributed by atoms with E-state index in [2.05, 4.69) is 32.9 Å². The second-order valence-corrected chi connectivity index (χ2v) is 8.29. The lowest BCUT2D eigenvalue weighted by Crippen LogP contribution is -2.22. The Morgan fingerprint density at radius 1 is 1.36 bits per heavy atom. The highest BCUT2D eigenvalue weighted by Gasteiger charge is 2.12. The van der Waals surface area contributed by atoms with Crippen LogP contribution in [0.3, 0.4) is 0 Å². The van der Waals surface area contributed by atoms with Crippen LogP contribution in [0, 0.1) is 3.57 Å². The number of aromatic nitrogens is 2. The molecule has 0 atom stereocenters. The Morgan fingerprint density at radius 3 is 2.86 bits per heavy atom. The molecule has 0 aliphatic heterocycles. The number of aryl methyl sites for hydroxylation is 1. The average molecular weight is 556 g/mol. The van der Waals surface area contributed by atoms with Crippen molar-refractivity contribution in [3.05, 3.63) is 60.1 Å². The lowest BCUT2D eigenvalue weighted by Gasteiger charge is -2.10. The number of methoxy groups -OCH3 is 1. The van der Waals surface area contributed by atoms with Gasteiger partial charge in [0.2, 0.25) is 0 Å². The van der Waals surface area contributed by atoms with E-state index in [-0.39, 0.29) is 11.3 Å². The smallest absolute Gasteiger partial charge is 0.282 e. The first-order valence-corrected chi connectivity index (χ1v) is 10.6. The molecule has 0 saturated heterocycles. The molecule has 3 aromatic rings. The van der Waals surface area contributed by atoms with E-state index < -0.39 is 0 Å². The van der Waals surface area contributed by atoms with Gasteiger partial charge in [0.1, 0.15) is 5.82 Å². The minimum atomic E-state index is -0.214. The Balaban J connectivity index is 2.13. The molecular formula is C20H19BrIN3O3. The number of phenols is 1. The molecule has 1 aromatic heterocycles. The molecule has 2 aromatic carbocycles. The van der Waals surface area contributed by atoms with Gasteiger partial charge in [-0.25, -0.2) is 4.98 Å². The number of nitrogens with zero attached hydrogens (tertiary/aromatic N) is 3. The first-order valence-electron chi connectivity index (χ1n) is 8.76. The van der Waals surface area contributed by atoms with Crippen LogP contribution in [-0.2, 0) is 6.42 Å². The van der Waals surface area contributed by atoms with Gasteiger partial charge < -0.3 is 9.84 Å². The second-order valence-electron chi connectivity index (χ2n) is 6.21. The second kappa shape index (κ2) is 9.04. The van der Waals surface area contributed by atoms with Gasteiger partial charge in [-0.3, -0.25) is 4.79 Å². The number of rotatable bonds is 6.